The van der Waals surface area contributed by atoms with Gasteiger partial charge in [-0.25, -0.2) is 0 Å². The molecule has 0 radical (unpaired) electrons. The molecular formula is C13H14F6N2S. The highest BCUT2D eigenvalue weighted by atomic mass is 32.2. The summed E-state index contributed by atoms with van der Waals surface area (Å²) in [6.07, 6.45) is -4.48. The van der Waals surface area contributed by atoms with E-state index in [-0.39, 0.29) is 35.3 Å². The number of alkyl halides is 6. The van der Waals surface area contributed by atoms with E-state index in [0.29, 0.717) is 13.1 Å². The van der Waals surface area contributed by atoms with E-state index in [1.54, 1.807) is 0 Å². The van der Waals surface area contributed by atoms with Gasteiger partial charge in [0.15, 0.2) is 0 Å². The van der Waals surface area contributed by atoms with Crippen molar-refractivity contribution in [2.75, 3.05) is 26.2 Å². The molecule has 1 fully saturated rings. The number of halogens is 6. The van der Waals surface area contributed by atoms with Gasteiger partial charge in [-0.2, -0.15) is 26.3 Å². The third kappa shape index (κ3) is 4.79. The quantitative estimate of drug-likeness (QED) is 0.663. The summed E-state index contributed by atoms with van der Waals surface area (Å²) in [5, 5.41) is 2.97. The van der Waals surface area contributed by atoms with Gasteiger partial charge in [0.1, 0.15) is 6.04 Å². The molecule has 0 aliphatic carbocycles. The van der Waals surface area contributed by atoms with Gasteiger partial charge in [-0.15, -0.1) is 0 Å². The van der Waals surface area contributed by atoms with Crippen LogP contribution in [0.4, 0.5) is 26.3 Å². The Morgan fingerprint density at radius 1 is 0.955 bits per heavy atom. The molecule has 124 valence electrons. The van der Waals surface area contributed by atoms with Crippen LogP contribution >= 0.6 is 11.8 Å². The minimum atomic E-state index is -4.48. The van der Waals surface area contributed by atoms with Crippen LogP contribution in [0.5, 0.6) is 0 Å². The van der Waals surface area contributed by atoms with E-state index in [4.69, 9.17) is 0 Å². The lowest BCUT2D eigenvalue weighted by Gasteiger charge is -2.36. The summed E-state index contributed by atoms with van der Waals surface area (Å²) >= 11 is -0.341. The SMILES string of the molecule is FC(F)(F)Sc1ccc([C@@H](N2CCNCC2)C(F)(F)F)cc1. The number of thioether (sulfide) groups is 1. The van der Waals surface area contributed by atoms with Crippen LogP contribution in [-0.2, 0) is 0 Å². The molecule has 0 aromatic heterocycles. The van der Waals surface area contributed by atoms with Gasteiger partial charge in [0.25, 0.3) is 0 Å². The van der Waals surface area contributed by atoms with Crippen molar-refractivity contribution in [2.45, 2.75) is 22.6 Å². The molecule has 0 saturated carbocycles. The van der Waals surface area contributed by atoms with Gasteiger partial charge >= 0.3 is 11.7 Å². The standard InChI is InChI=1S/C13H14F6N2S/c14-12(15,16)11(21-7-5-20-6-8-21)9-1-3-10(4-2-9)22-13(17,18)19/h1-4,11,20H,5-8H2/t11-/m1/s1. The van der Waals surface area contributed by atoms with Crippen LogP contribution in [0, 0.1) is 0 Å². The van der Waals surface area contributed by atoms with Gasteiger partial charge in [-0.1, -0.05) is 12.1 Å². The topological polar surface area (TPSA) is 15.3 Å². The van der Waals surface area contributed by atoms with E-state index in [2.05, 4.69) is 5.32 Å². The summed E-state index contributed by atoms with van der Waals surface area (Å²) in [4.78, 5) is 1.17. The highest BCUT2D eigenvalue weighted by Gasteiger charge is 2.44. The minimum absolute atomic E-state index is 0.0408. The molecule has 1 N–H and O–H groups in total. The van der Waals surface area contributed by atoms with Crippen LogP contribution < -0.4 is 5.32 Å². The molecule has 9 heteroatoms. The van der Waals surface area contributed by atoms with Crippen molar-refractivity contribution in [1.82, 2.24) is 10.2 Å². The van der Waals surface area contributed by atoms with E-state index < -0.39 is 17.7 Å². The van der Waals surface area contributed by atoms with Crippen molar-refractivity contribution in [2.24, 2.45) is 0 Å². The smallest absolute Gasteiger partial charge is 0.314 e. The number of benzene rings is 1. The molecule has 1 heterocycles. The maximum atomic E-state index is 13.3. The average molecular weight is 344 g/mol. The molecule has 0 unspecified atom stereocenters. The first-order chi connectivity index (χ1) is 10.2. The molecule has 2 nitrogen and oxygen atoms in total. The second-order valence-electron chi connectivity index (χ2n) is 4.85. The molecular weight excluding hydrogens is 330 g/mol. The van der Waals surface area contributed by atoms with Crippen LogP contribution in [0.3, 0.4) is 0 Å². The maximum Gasteiger partial charge on any atom is 0.446 e. The van der Waals surface area contributed by atoms with Crippen molar-refractivity contribution >= 4 is 11.8 Å². The molecule has 1 aromatic rings. The van der Waals surface area contributed by atoms with Gasteiger partial charge in [0.05, 0.1) is 0 Å². The number of nitrogens with zero attached hydrogens (tertiary/aromatic N) is 1. The Bertz CT molecular complexity index is 479. The van der Waals surface area contributed by atoms with Crippen molar-refractivity contribution in [1.29, 1.82) is 0 Å². The van der Waals surface area contributed by atoms with Gasteiger partial charge < -0.3 is 5.32 Å². The largest absolute Gasteiger partial charge is 0.446 e. The number of hydrogen-bond donors (Lipinski definition) is 1. The lowest BCUT2D eigenvalue weighted by Crippen LogP contribution is -2.49. The molecule has 1 aliphatic heterocycles. The Labute approximate surface area is 127 Å². The van der Waals surface area contributed by atoms with Crippen LogP contribution in [0.25, 0.3) is 0 Å². The zero-order valence-corrected chi connectivity index (χ0v) is 12.2. The van der Waals surface area contributed by atoms with Crippen molar-refractivity contribution in [3.05, 3.63) is 29.8 Å². The third-order valence-corrected chi connectivity index (χ3v) is 4.00. The predicted molar refractivity (Wildman–Crippen MR) is 71.6 cm³/mol. The number of hydrogen-bond acceptors (Lipinski definition) is 3. The molecule has 1 aromatic carbocycles. The summed E-state index contributed by atoms with van der Waals surface area (Å²) in [5.74, 6) is 0. The molecule has 1 atom stereocenters. The first kappa shape index (κ1) is 17.4. The lowest BCUT2D eigenvalue weighted by molar-refractivity contribution is -0.187. The van der Waals surface area contributed by atoms with Crippen molar-refractivity contribution in [3.8, 4) is 0 Å². The average Bonchev–Trinajstić information content (AvgIpc) is 2.39. The lowest BCUT2D eigenvalue weighted by atomic mass is 10.0. The highest BCUT2D eigenvalue weighted by molar-refractivity contribution is 8.00. The molecule has 0 amide bonds. The van der Waals surface area contributed by atoms with Crippen LogP contribution in [0.15, 0.2) is 29.2 Å². The fourth-order valence-electron chi connectivity index (χ4n) is 2.40. The third-order valence-electron chi connectivity index (χ3n) is 3.26. The van der Waals surface area contributed by atoms with E-state index in [9.17, 15) is 26.3 Å². The van der Waals surface area contributed by atoms with E-state index in [1.807, 2.05) is 0 Å². The Balaban J connectivity index is 2.20. The van der Waals surface area contributed by atoms with Crippen LogP contribution in [0.1, 0.15) is 11.6 Å². The van der Waals surface area contributed by atoms with Crippen LogP contribution in [0.2, 0.25) is 0 Å². The Morgan fingerprint density at radius 3 is 1.95 bits per heavy atom. The van der Waals surface area contributed by atoms with Gasteiger partial charge in [-0.05, 0) is 29.5 Å². The number of nitrogens with one attached hydrogen (secondary N) is 1. The molecule has 2 rings (SSSR count). The first-order valence-corrected chi connectivity index (χ1v) is 7.36. The molecule has 0 spiro atoms. The molecule has 22 heavy (non-hydrogen) atoms. The minimum Gasteiger partial charge on any atom is -0.314 e. The van der Waals surface area contributed by atoms with Gasteiger partial charge in [-0.3, -0.25) is 4.90 Å². The summed E-state index contributed by atoms with van der Waals surface area (Å²) in [5.41, 5.74) is -4.50. The zero-order chi connectivity index (χ0) is 16.4. The second-order valence-corrected chi connectivity index (χ2v) is 5.99. The summed E-state index contributed by atoms with van der Waals surface area (Å²) < 4.78 is 76.7. The Kier molecular flexibility index (Phi) is 5.29. The van der Waals surface area contributed by atoms with E-state index >= 15 is 0 Å². The Hall–Kier alpha value is -0.930. The Morgan fingerprint density at radius 2 is 1.50 bits per heavy atom. The second kappa shape index (κ2) is 6.67. The van der Waals surface area contributed by atoms with Gasteiger partial charge in [0.2, 0.25) is 0 Å². The van der Waals surface area contributed by atoms with Crippen molar-refractivity contribution < 1.29 is 26.3 Å². The van der Waals surface area contributed by atoms with Gasteiger partial charge in [0, 0.05) is 31.1 Å². The summed E-state index contributed by atoms with van der Waals surface area (Å²) in [6, 6.07) is 2.60. The summed E-state index contributed by atoms with van der Waals surface area (Å²) in [6.45, 7) is 1.38. The zero-order valence-electron chi connectivity index (χ0n) is 11.3. The first-order valence-electron chi connectivity index (χ1n) is 6.54. The number of piperazine rings is 1. The number of rotatable bonds is 3. The normalized spacial score (nSPS) is 19.2. The van der Waals surface area contributed by atoms with Crippen LogP contribution in [-0.4, -0.2) is 42.8 Å². The van der Waals surface area contributed by atoms with E-state index in [1.165, 1.54) is 4.90 Å². The monoisotopic (exact) mass is 344 g/mol. The molecule has 1 aliphatic rings. The highest BCUT2D eigenvalue weighted by Crippen LogP contribution is 2.40. The van der Waals surface area contributed by atoms with E-state index in [0.717, 1.165) is 24.3 Å². The van der Waals surface area contributed by atoms with Crippen molar-refractivity contribution in [3.63, 3.8) is 0 Å². The summed E-state index contributed by atoms with van der Waals surface area (Å²) in [7, 11) is 0. The maximum absolute atomic E-state index is 13.3. The fraction of sp³-hybridized carbons (Fsp3) is 0.538. The molecule has 1 saturated heterocycles. The fourth-order valence-corrected chi connectivity index (χ4v) is 2.94. The molecule has 0 bridgehead atoms. The predicted octanol–water partition coefficient (Wildman–Crippen LogP) is 3.81.